The van der Waals surface area contributed by atoms with Crippen LogP contribution in [0.25, 0.3) is 11.0 Å². The minimum absolute atomic E-state index is 0.937. The summed E-state index contributed by atoms with van der Waals surface area (Å²) in [5.41, 5.74) is 2.11. The van der Waals surface area contributed by atoms with E-state index < -0.39 is 0 Å². The Balaban J connectivity index is 1.20. The highest BCUT2D eigenvalue weighted by Gasteiger charge is 2.18. The second kappa shape index (κ2) is 7.05. The summed E-state index contributed by atoms with van der Waals surface area (Å²) in [6, 6.07) is 12.1. The molecule has 1 fully saturated rings. The first-order valence-electron chi connectivity index (χ1n) is 8.69. The zero-order valence-electron chi connectivity index (χ0n) is 13.8. The molecule has 0 aliphatic carbocycles. The molecule has 2 aromatic heterocycles. The highest BCUT2D eigenvalue weighted by Crippen LogP contribution is 2.17. The molecule has 24 heavy (non-hydrogen) atoms. The monoisotopic (exact) mass is 325 g/mol. The SMILES string of the molecule is c1coc(N2CCN(CCCCn3nnc4ccccc43)CC2)c1. The first kappa shape index (κ1) is 15.2. The van der Waals surface area contributed by atoms with Crippen LogP contribution in [-0.4, -0.2) is 52.6 Å². The molecule has 3 heterocycles. The van der Waals surface area contributed by atoms with E-state index >= 15 is 0 Å². The van der Waals surface area contributed by atoms with E-state index in [0.717, 1.165) is 62.6 Å². The summed E-state index contributed by atoms with van der Waals surface area (Å²) in [7, 11) is 0. The first-order chi connectivity index (χ1) is 11.9. The minimum atomic E-state index is 0.937. The fourth-order valence-electron chi connectivity index (χ4n) is 3.32. The van der Waals surface area contributed by atoms with Gasteiger partial charge in [0, 0.05) is 38.8 Å². The lowest BCUT2D eigenvalue weighted by Gasteiger charge is -2.34. The maximum Gasteiger partial charge on any atom is 0.195 e. The van der Waals surface area contributed by atoms with Gasteiger partial charge in [-0.25, -0.2) is 4.68 Å². The van der Waals surface area contributed by atoms with Gasteiger partial charge in [-0.05, 0) is 37.6 Å². The van der Waals surface area contributed by atoms with E-state index in [0.29, 0.717) is 0 Å². The molecule has 6 heteroatoms. The topological polar surface area (TPSA) is 50.3 Å². The summed E-state index contributed by atoms with van der Waals surface area (Å²) in [6.07, 6.45) is 4.07. The molecular weight excluding hydrogens is 302 g/mol. The van der Waals surface area contributed by atoms with Gasteiger partial charge < -0.3 is 9.32 Å². The third kappa shape index (κ3) is 3.28. The van der Waals surface area contributed by atoms with Crippen LogP contribution in [0.3, 0.4) is 0 Å². The number of hydrogen-bond donors (Lipinski definition) is 0. The summed E-state index contributed by atoms with van der Waals surface area (Å²) in [5, 5.41) is 8.46. The van der Waals surface area contributed by atoms with E-state index in [9.17, 15) is 0 Å². The summed E-state index contributed by atoms with van der Waals surface area (Å²) in [4.78, 5) is 4.86. The predicted octanol–water partition coefficient (Wildman–Crippen LogP) is 2.63. The van der Waals surface area contributed by atoms with Crippen LogP contribution in [0.2, 0.25) is 0 Å². The maximum atomic E-state index is 5.48. The van der Waals surface area contributed by atoms with Crippen molar-refractivity contribution in [3.8, 4) is 0 Å². The molecular formula is C18H23N5O. The molecule has 126 valence electrons. The molecule has 1 aliphatic rings. The average Bonchev–Trinajstić information content (AvgIpc) is 3.30. The number of piperazine rings is 1. The number of unbranched alkanes of at least 4 members (excludes halogenated alkanes) is 1. The third-order valence-electron chi connectivity index (χ3n) is 4.70. The molecule has 3 aromatic rings. The summed E-state index contributed by atoms with van der Waals surface area (Å²) >= 11 is 0. The molecule has 1 aromatic carbocycles. The fraction of sp³-hybridized carbons (Fsp3) is 0.444. The number of furan rings is 1. The van der Waals surface area contributed by atoms with Crippen molar-refractivity contribution in [3.63, 3.8) is 0 Å². The number of fused-ring (bicyclic) bond motifs is 1. The van der Waals surface area contributed by atoms with Crippen LogP contribution >= 0.6 is 0 Å². The number of aromatic nitrogens is 3. The highest BCUT2D eigenvalue weighted by molar-refractivity contribution is 5.73. The first-order valence-corrected chi connectivity index (χ1v) is 8.69. The molecule has 1 aliphatic heterocycles. The Hall–Kier alpha value is -2.34. The van der Waals surface area contributed by atoms with Crippen LogP contribution in [0.1, 0.15) is 12.8 Å². The Morgan fingerprint density at radius 2 is 1.75 bits per heavy atom. The number of para-hydroxylation sites is 1. The van der Waals surface area contributed by atoms with Crippen LogP contribution in [0.5, 0.6) is 0 Å². The van der Waals surface area contributed by atoms with Crippen LogP contribution in [0.4, 0.5) is 5.88 Å². The Morgan fingerprint density at radius 1 is 0.917 bits per heavy atom. The van der Waals surface area contributed by atoms with Crippen molar-refractivity contribution < 1.29 is 4.42 Å². The molecule has 0 saturated carbocycles. The van der Waals surface area contributed by atoms with Crippen molar-refractivity contribution in [3.05, 3.63) is 42.7 Å². The number of benzene rings is 1. The lowest BCUT2D eigenvalue weighted by Crippen LogP contribution is -2.46. The number of nitrogens with zero attached hydrogens (tertiary/aromatic N) is 5. The Kier molecular flexibility index (Phi) is 4.46. The van der Waals surface area contributed by atoms with Gasteiger partial charge in [0.15, 0.2) is 5.88 Å². The van der Waals surface area contributed by atoms with Gasteiger partial charge >= 0.3 is 0 Å². The van der Waals surface area contributed by atoms with Gasteiger partial charge in [0.25, 0.3) is 0 Å². The Bertz CT molecular complexity index is 759. The van der Waals surface area contributed by atoms with Gasteiger partial charge in [-0.15, -0.1) is 5.10 Å². The summed E-state index contributed by atoms with van der Waals surface area (Å²) in [6.45, 7) is 6.38. The largest absolute Gasteiger partial charge is 0.449 e. The van der Waals surface area contributed by atoms with Crippen LogP contribution in [-0.2, 0) is 6.54 Å². The van der Waals surface area contributed by atoms with Gasteiger partial charge in [0.2, 0.25) is 0 Å². The zero-order valence-corrected chi connectivity index (χ0v) is 13.8. The van der Waals surface area contributed by atoms with Gasteiger partial charge in [-0.1, -0.05) is 17.3 Å². The maximum absolute atomic E-state index is 5.48. The molecule has 1 saturated heterocycles. The second-order valence-corrected chi connectivity index (χ2v) is 6.29. The van der Waals surface area contributed by atoms with Crippen LogP contribution in [0, 0.1) is 0 Å². The van der Waals surface area contributed by atoms with E-state index in [1.807, 2.05) is 35.0 Å². The van der Waals surface area contributed by atoms with Gasteiger partial charge in [-0.2, -0.15) is 0 Å². The molecule has 4 rings (SSSR count). The molecule has 0 N–H and O–H groups in total. The minimum Gasteiger partial charge on any atom is -0.449 e. The summed E-state index contributed by atoms with van der Waals surface area (Å²) < 4.78 is 7.49. The summed E-state index contributed by atoms with van der Waals surface area (Å²) in [5.74, 6) is 0.993. The molecule has 0 amide bonds. The molecule has 0 bridgehead atoms. The quantitative estimate of drug-likeness (QED) is 0.652. The van der Waals surface area contributed by atoms with Gasteiger partial charge in [0.1, 0.15) is 5.52 Å². The van der Waals surface area contributed by atoms with Crippen LogP contribution in [0.15, 0.2) is 47.1 Å². The normalized spacial score (nSPS) is 16.1. The molecule has 0 spiro atoms. The number of rotatable bonds is 6. The third-order valence-corrected chi connectivity index (χ3v) is 4.70. The van der Waals surface area contributed by atoms with Crippen molar-refractivity contribution in [1.29, 1.82) is 0 Å². The zero-order chi connectivity index (χ0) is 16.2. The van der Waals surface area contributed by atoms with Gasteiger partial charge in [-0.3, -0.25) is 4.90 Å². The average molecular weight is 325 g/mol. The standard InChI is InChI=1S/C18H23N5O/c1-2-7-17-16(6-1)19-20-23(17)10-4-3-9-21-11-13-22(14-12-21)18-8-5-15-24-18/h1-2,5-8,15H,3-4,9-14H2. The Labute approximate surface area is 141 Å². The smallest absolute Gasteiger partial charge is 0.195 e. The molecule has 6 nitrogen and oxygen atoms in total. The van der Waals surface area contributed by atoms with Crippen molar-refractivity contribution in [1.82, 2.24) is 19.9 Å². The lowest BCUT2D eigenvalue weighted by atomic mass is 10.2. The van der Waals surface area contributed by atoms with E-state index in [1.54, 1.807) is 6.26 Å². The van der Waals surface area contributed by atoms with Crippen molar-refractivity contribution in [2.75, 3.05) is 37.6 Å². The van der Waals surface area contributed by atoms with Gasteiger partial charge in [0.05, 0.1) is 11.8 Å². The Morgan fingerprint density at radius 3 is 2.58 bits per heavy atom. The number of anilines is 1. The van der Waals surface area contributed by atoms with E-state index in [2.05, 4.69) is 26.2 Å². The van der Waals surface area contributed by atoms with Crippen molar-refractivity contribution in [2.24, 2.45) is 0 Å². The second-order valence-electron chi connectivity index (χ2n) is 6.29. The predicted molar refractivity (Wildman–Crippen MR) is 94.1 cm³/mol. The van der Waals surface area contributed by atoms with E-state index in [-0.39, 0.29) is 0 Å². The van der Waals surface area contributed by atoms with Crippen molar-refractivity contribution in [2.45, 2.75) is 19.4 Å². The molecule has 0 radical (unpaired) electrons. The lowest BCUT2D eigenvalue weighted by molar-refractivity contribution is 0.247. The molecule has 0 unspecified atom stereocenters. The van der Waals surface area contributed by atoms with Crippen LogP contribution < -0.4 is 4.90 Å². The van der Waals surface area contributed by atoms with E-state index in [4.69, 9.17) is 4.42 Å². The van der Waals surface area contributed by atoms with E-state index in [1.165, 1.54) is 6.42 Å². The highest BCUT2D eigenvalue weighted by atomic mass is 16.3. The molecule has 0 atom stereocenters. The number of hydrogen-bond acceptors (Lipinski definition) is 5. The van der Waals surface area contributed by atoms with Crippen molar-refractivity contribution >= 4 is 16.9 Å². The fourth-order valence-corrected chi connectivity index (χ4v) is 3.32. The number of aryl methyl sites for hydroxylation is 1.